The van der Waals surface area contributed by atoms with E-state index >= 15 is 0 Å². The van der Waals surface area contributed by atoms with Crippen LogP contribution in [0.15, 0.2) is 12.3 Å². The summed E-state index contributed by atoms with van der Waals surface area (Å²) in [5.74, 6) is 1.84. The predicted octanol–water partition coefficient (Wildman–Crippen LogP) is 3.08. The van der Waals surface area contributed by atoms with E-state index in [9.17, 15) is 0 Å². The molecular formula is C14H18N2O2. The maximum Gasteiger partial charge on any atom is 0.164 e. The van der Waals surface area contributed by atoms with Crippen LogP contribution < -0.4 is 9.47 Å². The van der Waals surface area contributed by atoms with Gasteiger partial charge in [0.1, 0.15) is 0 Å². The van der Waals surface area contributed by atoms with Crippen molar-refractivity contribution in [1.82, 2.24) is 10.2 Å². The summed E-state index contributed by atoms with van der Waals surface area (Å²) in [5, 5.41) is 9.35. The Morgan fingerprint density at radius 1 is 1.17 bits per heavy atom. The van der Waals surface area contributed by atoms with Crippen LogP contribution in [0.25, 0.3) is 10.9 Å². The molecule has 1 aromatic heterocycles. The van der Waals surface area contributed by atoms with Gasteiger partial charge < -0.3 is 9.47 Å². The molecule has 0 saturated carbocycles. The highest BCUT2D eigenvalue weighted by molar-refractivity contribution is 5.89. The average Bonchev–Trinajstić information content (AvgIpc) is 2.37. The van der Waals surface area contributed by atoms with Gasteiger partial charge in [-0.05, 0) is 18.4 Å². The van der Waals surface area contributed by atoms with Gasteiger partial charge in [0, 0.05) is 17.0 Å². The molecule has 0 saturated heterocycles. The van der Waals surface area contributed by atoms with Crippen molar-refractivity contribution in [2.45, 2.75) is 26.7 Å². The Morgan fingerprint density at radius 3 is 2.44 bits per heavy atom. The molecular weight excluding hydrogens is 228 g/mol. The summed E-state index contributed by atoms with van der Waals surface area (Å²) < 4.78 is 10.8. The highest BCUT2D eigenvalue weighted by atomic mass is 16.5. The van der Waals surface area contributed by atoms with Crippen LogP contribution in [0, 0.1) is 6.92 Å². The standard InChI is InChI=1S/C14H18N2O2/c1-8(2)10-7-15-16-11-6-12(17-4)14(18-5)9(3)13(10)11/h6-8H,1-5H3. The van der Waals surface area contributed by atoms with Crippen LogP contribution in [0.3, 0.4) is 0 Å². The highest BCUT2D eigenvalue weighted by Crippen LogP contribution is 2.38. The lowest BCUT2D eigenvalue weighted by atomic mass is 9.96. The van der Waals surface area contributed by atoms with Gasteiger partial charge in [0.2, 0.25) is 0 Å². The van der Waals surface area contributed by atoms with Gasteiger partial charge in [0.05, 0.1) is 25.9 Å². The fourth-order valence-corrected chi connectivity index (χ4v) is 2.26. The maximum absolute atomic E-state index is 5.44. The van der Waals surface area contributed by atoms with Gasteiger partial charge in [-0.2, -0.15) is 10.2 Å². The minimum atomic E-state index is 0.389. The molecule has 0 aliphatic rings. The van der Waals surface area contributed by atoms with Crippen LogP contribution in [-0.2, 0) is 0 Å². The molecule has 0 amide bonds. The van der Waals surface area contributed by atoms with Crippen LogP contribution in [0.2, 0.25) is 0 Å². The van der Waals surface area contributed by atoms with Crippen LogP contribution in [-0.4, -0.2) is 24.4 Å². The van der Waals surface area contributed by atoms with Crippen molar-refractivity contribution >= 4 is 10.9 Å². The van der Waals surface area contributed by atoms with E-state index in [0.29, 0.717) is 11.7 Å². The third kappa shape index (κ3) is 1.88. The monoisotopic (exact) mass is 246 g/mol. The van der Waals surface area contributed by atoms with Crippen LogP contribution in [0.4, 0.5) is 0 Å². The van der Waals surface area contributed by atoms with Gasteiger partial charge in [-0.3, -0.25) is 0 Å². The Balaban J connectivity index is 2.87. The van der Waals surface area contributed by atoms with E-state index in [-0.39, 0.29) is 0 Å². The lowest BCUT2D eigenvalue weighted by Gasteiger charge is -2.16. The smallest absolute Gasteiger partial charge is 0.164 e. The van der Waals surface area contributed by atoms with E-state index in [1.165, 1.54) is 5.56 Å². The summed E-state index contributed by atoms with van der Waals surface area (Å²) >= 11 is 0. The van der Waals surface area contributed by atoms with Crippen LogP contribution in [0.5, 0.6) is 11.5 Å². The van der Waals surface area contributed by atoms with Crippen LogP contribution in [0.1, 0.15) is 30.9 Å². The number of rotatable bonds is 3. The zero-order valence-electron chi connectivity index (χ0n) is 11.4. The molecule has 0 radical (unpaired) electrons. The molecule has 0 unspecified atom stereocenters. The number of hydrogen-bond acceptors (Lipinski definition) is 4. The third-order valence-electron chi connectivity index (χ3n) is 3.16. The van der Waals surface area contributed by atoms with Crippen molar-refractivity contribution in [3.63, 3.8) is 0 Å². The molecule has 0 atom stereocenters. The molecule has 1 aromatic carbocycles. The Morgan fingerprint density at radius 2 is 1.89 bits per heavy atom. The second-order valence-corrected chi connectivity index (χ2v) is 4.59. The minimum Gasteiger partial charge on any atom is -0.493 e. The molecule has 0 N–H and O–H groups in total. The van der Waals surface area contributed by atoms with Gasteiger partial charge in [0.25, 0.3) is 0 Å². The van der Waals surface area contributed by atoms with Gasteiger partial charge in [-0.1, -0.05) is 13.8 Å². The average molecular weight is 246 g/mol. The maximum atomic E-state index is 5.44. The minimum absolute atomic E-state index is 0.389. The Bertz CT molecular complexity index is 580. The second-order valence-electron chi connectivity index (χ2n) is 4.59. The summed E-state index contributed by atoms with van der Waals surface area (Å²) in [7, 11) is 3.28. The van der Waals surface area contributed by atoms with E-state index in [2.05, 4.69) is 24.0 Å². The fourth-order valence-electron chi connectivity index (χ4n) is 2.26. The summed E-state index contributed by atoms with van der Waals surface area (Å²) in [6.07, 6.45) is 1.83. The van der Waals surface area contributed by atoms with E-state index < -0.39 is 0 Å². The van der Waals surface area contributed by atoms with Crippen molar-refractivity contribution in [3.8, 4) is 11.5 Å². The zero-order chi connectivity index (χ0) is 13.3. The van der Waals surface area contributed by atoms with Gasteiger partial charge in [-0.15, -0.1) is 0 Å². The topological polar surface area (TPSA) is 44.2 Å². The number of fused-ring (bicyclic) bond motifs is 1. The zero-order valence-corrected chi connectivity index (χ0v) is 11.4. The first-order valence-electron chi connectivity index (χ1n) is 5.97. The van der Waals surface area contributed by atoms with Gasteiger partial charge in [-0.25, -0.2) is 0 Å². The quantitative estimate of drug-likeness (QED) is 0.834. The van der Waals surface area contributed by atoms with Gasteiger partial charge in [0.15, 0.2) is 11.5 Å². The SMILES string of the molecule is COc1cc2nncc(C(C)C)c2c(C)c1OC. The van der Waals surface area contributed by atoms with E-state index in [1.807, 2.05) is 19.2 Å². The number of ether oxygens (including phenoxy) is 2. The lowest BCUT2D eigenvalue weighted by Crippen LogP contribution is -2.00. The van der Waals surface area contributed by atoms with Crippen molar-refractivity contribution in [1.29, 1.82) is 0 Å². The van der Waals surface area contributed by atoms with E-state index in [4.69, 9.17) is 9.47 Å². The predicted molar refractivity (Wildman–Crippen MR) is 71.5 cm³/mol. The number of methoxy groups -OCH3 is 2. The molecule has 0 spiro atoms. The Kier molecular flexibility index (Phi) is 3.36. The molecule has 2 rings (SSSR count). The van der Waals surface area contributed by atoms with E-state index in [0.717, 1.165) is 22.2 Å². The van der Waals surface area contributed by atoms with Crippen molar-refractivity contribution in [2.24, 2.45) is 0 Å². The van der Waals surface area contributed by atoms with Crippen molar-refractivity contribution in [3.05, 3.63) is 23.4 Å². The largest absolute Gasteiger partial charge is 0.493 e. The Hall–Kier alpha value is -1.84. The number of nitrogens with zero attached hydrogens (tertiary/aromatic N) is 2. The van der Waals surface area contributed by atoms with Crippen molar-refractivity contribution < 1.29 is 9.47 Å². The second kappa shape index (κ2) is 4.80. The highest BCUT2D eigenvalue weighted by Gasteiger charge is 2.16. The molecule has 0 fully saturated rings. The molecule has 1 heterocycles. The molecule has 4 heteroatoms. The first kappa shape index (κ1) is 12.6. The van der Waals surface area contributed by atoms with E-state index in [1.54, 1.807) is 14.2 Å². The number of aryl methyl sites for hydroxylation is 1. The number of hydrogen-bond donors (Lipinski definition) is 0. The molecule has 18 heavy (non-hydrogen) atoms. The molecule has 0 aliphatic heterocycles. The Labute approximate surface area is 107 Å². The van der Waals surface area contributed by atoms with Gasteiger partial charge >= 0.3 is 0 Å². The molecule has 96 valence electrons. The number of aromatic nitrogens is 2. The molecule has 0 bridgehead atoms. The first-order valence-corrected chi connectivity index (χ1v) is 5.97. The summed E-state index contributed by atoms with van der Waals surface area (Å²) in [6, 6.07) is 1.88. The number of benzene rings is 1. The first-order chi connectivity index (χ1) is 8.60. The lowest BCUT2D eigenvalue weighted by molar-refractivity contribution is 0.354. The summed E-state index contributed by atoms with van der Waals surface area (Å²) in [5.41, 5.74) is 3.07. The molecule has 0 aliphatic carbocycles. The summed E-state index contributed by atoms with van der Waals surface area (Å²) in [4.78, 5) is 0. The van der Waals surface area contributed by atoms with Crippen LogP contribution >= 0.6 is 0 Å². The molecule has 2 aromatic rings. The normalized spacial score (nSPS) is 11.0. The molecule has 4 nitrogen and oxygen atoms in total. The van der Waals surface area contributed by atoms with Crippen molar-refractivity contribution in [2.75, 3.05) is 14.2 Å². The fraction of sp³-hybridized carbons (Fsp3) is 0.429. The summed E-state index contributed by atoms with van der Waals surface area (Å²) in [6.45, 7) is 6.32. The third-order valence-corrected chi connectivity index (χ3v) is 3.16.